The Kier molecular flexibility index (Phi) is 4.39. The normalized spacial score (nSPS) is 12.9. The number of aromatic nitrogens is 3. The van der Waals surface area contributed by atoms with Gasteiger partial charge in [0.05, 0.1) is 22.9 Å². The third-order valence-electron chi connectivity index (χ3n) is 5.54. The van der Waals surface area contributed by atoms with Gasteiger partial charge in [-0.1, -0.05) is 18.2 Å². The van der Waals surface area contributed by atoms with Gasteiger partial charge in [0, 0.05) is 42.4 Å². The van der Waals surface area contributed by atoms with Crippen LogP contribution in [0.4, 0.5) is 5.69 Å². The third-order valence-corrected chi connectivity index (χ3v) is 5.54. The fraction of sp³-hybridized carbons (Fsp3) is 0.167. The summed E-state index contributed by atoms with van der Waals surface area (Å²) in [6.07, 6.45) is 3.86. The van der Waals surface area contributed by atoms with Gasteiger partial charge in [-0.25, -0.2) is 4.98 Å². The number of anilines is 1. The van der Waals surface area contributed by atoms with E-state index in [0.717, 1.165) is 33.7 Å². The predicted molar refractivity (Wildman–Crippen MR) is 116 cm³/mol. The lowest BCUT2D eigenvalue weighted by molar-refractivity contribution is 0.0970. The SMILES string of the molecule is CCN(C(=O)c1ccc(-c2nc3cccc4c3n2CCC4=O)cc1)c1cccnc1. The van der Waals surface area contributed by atoms with Crippen LogP contribution in [0.25, 0.3) is 22.4 Å². The fourth-order valence-electron chi connectivity index (χ4n) is 4.07. The van der Waals surface area contributed by atoms with Gasteiger partial charge in [0.25, 0.3) is 5.91 Å². The third kappa shape index (κ3) is 2.88. The Morgan fingerprint density at radius 3 is 2.67 bits per heavy atom. The van der Waals surface area contributed by atoms with E-state index in [4.69, 9.17) is 4.98 Å². The van der Waals surface area contributed by atoms with Gasteiger partial charge in [0.1, 0.15) is 5.82 Å². The first-order valence-electron chi connectivity index (χ1n) is 10.0. The lowest BCUT2D eigenvalue weighted by Crippen LogP contribution is -2.30. The van der Waals surface area contributed by atoms with Crippen LogP contribution in [0.15, 0.2) is 67.0 Å². The van der Waals surface area contributed by atoms with Gasteiger partial charge < -0.3 is 9.47 Å². The quantitative estimate of drug-likeness (QED) is 0.514. The number of hydrogen-bond donors (Lipinski definition) is 0. The molecule has 0 N–H and O–H groups in total. The van der Waals surface area contributed by atoms with Gasteiger partial charge in [-0.3, -0.25) is 14.6 Å². The molecule has 0 aliphatic carbocycles. The van der Waals surface area contributed by atoms with Crippen molar-refractivity contribution in [2.75, 3.05) is 11.4 Å². The molecule has 0 bridgehead atoms. The van der Waals surface area contributed by atoms with E-state index >= 15 is 0 Å². The number of pyridine rings is 1. The van der Waals surface area contributed by atoms with Crippen molar-refractivity contribution in [2.24, 2.45) is 0 Å². The number of benzene rings is 2. The first kappa shape index (κ1) is 18.2. The number of ketones is 1. The summed E-state index contributed by atoms with van der Waals surface area (Å²) in [5.41, 5.74) is 4.76. The Balaban J connectivity index is 1.51. The summed E-state index contributed by atoms with van der Waals surface area (Å²) in [5.74, 6) is 0.915. The van der Waals surface area contributed by atoms with Crippen LogP contribution < -0.4 is 4.90 Å². The number of Topliss-reactive ketones (excluding diaryl/α,β-unsaturated/α-hetero) is 1. The van der Waals surface area contributed by atoms with Gasteiger partial charge in [-0.2, -0.15) is 0 Å². The van der Waals surface area contributed by atoms with Gasteiger partial charge in [0.2, 0.25) is 0 Å². The van der Waals surface area contributed by atoms with Gasteiger partial charge in [0.15, 0.2) is 5.78 Å². The summed E-state index contributed by atoms with van der Waals surface area (Å²) >= 11 is 0. The van der Waals surface area contributed by atoms with Crippen LogP contribution in [0.5, 0.6) is 0 Å². The van der Waals surface area contributed by atoms with Crippen molar-refractivity contribution >= 4 is 28.4 Å². The number of carbonyl (C=O) groups is 2. The first-order chi connectivity index (χ1) is 14.7. The highest BCUT2D eigenvalue weighted by atomic mass is 16.2. The molecule has 0 radical (unpaired) electrons. The summed E-state index contributed by atoms with van der Waals surface area (Å²) in [7, 11) is 0. The zero-order chi connectivity index (χ0) is 20.7. The summed E-state index contributed by atoms with van der Waals surface area (Å²) in [6.45, 7) is 3.12. The highest BCUT2D eigenvalue weighted by Gasteiger charge is 2.24. The van der Waals surface area contributed by atoms with Crippen LogP contribution in [-0.4, -0.2) is 32.8 Å². The molecule has 0 spiro atoms. The van der Waals surface area contributed by atoms with E-state index < -0.39 is 0 Å². The van der Waals surface area contributed by atoms with Crippen molar-refractivity contribution in [3.8, 4) is 11.4 Å². The lowest BCUT2D eigenvalue weighted by atomic mass is 10.0. The minimum Gasteiger partial charge on any atom is -0.323 e. The zero-order valence-corrected chi connectivity index (χ0v) is 16.6. The summed E-state index contributed by atoms with van der Waals surface area (Å²) < 4.78 is 2.11. The van der Waals surface area contributed by atoms with Crippen molar-refractivity contribution in [1.82, 2.24) is 14.5 Å². The molecule has 1 aliphatic rings. The summed E-state index contributed by atoms with van der Waals surface area (Å²) in [6, 6.07) is 16.9. The van der Waals surface area contributed by atoms with Crippen molar-refractivity contribution in [2.45, 2.75) is 19.9 Å². The number of imidazole rings is 1. The van der Waals surface area contributed by atoms with Crippen LogP contribution in [0.1, 0.15) is 34.1 Å². The molecule has 1 aliphatic heterocycles. The molecule has 0 saturated carbocycles. The van der Waals surface area contributed by atoms with E-state index in [9.17, 15) is 9.59 Å². The van der Waals surface area contributed by atoms with E-state index in [1.807, 2.05) is 61.5 Å². The van der Waals surface area contributed by atoms with Gasteiger partial charge in [-0.15, -0.1) is 0 Å². The Morgan fingerprint density at radius 1 is 1.10 bits per heavy atom. The minimum atomic E-state index is -0.0699. The smallest absolute Gasteiger partial charge is 0.258 e. The molecular weight excluding hydrogens is 376 g/mol. The number of nitrogens with zero attached hydrogens (tertiary/aromatic N) is 4. The lowest BCUT2D eigenvalue weighted by Gasteiger charge is -2.20. The molecule has 0 unspecified atom stereocenters. The van der Waals surface area contributed by atoms with Crippen molar-refractivity contribution in [1.29, 1.82) is 0 Å². The summed E-state index contributed by atoms with van der Waals surface area (Å²) in [5, 5.41) is 0. The predicted octanol–water partition coefficient (Wildman–Crippen LogP) is 4.35. The second-order valence-corrected chi connectivity index (χ2v) is 7.27. The largest absolute Gasteiger partial charge is 0.323 e. The highest BCUT2D eigenvalue weighted by molar-refractivity contribution is 6.08. The Labute approximate surface area is 173 Å². The van der Waals surface area contributed by atoms with Crippen LogP contribution >= 0.6 is 0 Å². The molecule has 0 atom stereocenters. The molecule has 4 aromatic rings. The number of amides is 1. The maximum Gasteiger partial charge on any atom is 0.258 e. The Bertz CT molecular complexity index is 1260. The highest BCUT2D eigenvalue weighted by Crippen LogP contribution is 2.31. The van der Waals surface area contributed by atoms with Gasteiger partial charge in [-0.05, 0) is 43.3 Å². The van der Waals surface area contributed by atoms with Crippen molar-refractivity contribution in [3.05, 3.63) is 78.1 Å². The molecule has 2 aromatic carbocycles. The second-order valence-electron chi connectivity index (χ2n) is 7.27. The topological polar surface area (TPSA) is 68.1 Å². The van der Waals surface area contributed by atoms with E-state index in [2.05, 4.69) is 9.55 Å². The number of aryl methyl sites for hydroxylation is 1. The van der Waals surface area contributed by atoms with E-state index in [-0.39, 0.29) is 11.7 Å². The van der Waals surface area contributed by atoms with E-state index in [0.29, 0.717) is 25.1 Å². The maximum absolute atomic E-state index is 13.0. The number of rotatable bonds is 4. The molecular formula is C24H20N4O2. The summed E-state index contributed by atoms with van der Waals surface area (Å²) in [4.78, 5) is 35.9. The van der Waals surface area contributed by atoms with Crippen molar-refractivity contribution < 1.29 is 9.59 Å². The fourth-order valence-corrected chi connectivity index (χ4v) is 4.07. The molecule has 0 fully saturated rings. The molecule has 30 heavy (non-hydrogen) atoms. The Morgan fingerprint density at radius 2 is 1.93 bits per heavy atom. The zero-order valence-electron chi connectivity index (χ0n) is 16.6. The number of hydrogen-bond acceptors (Lipinski definition) is 4. The minimum absolute atomic E-state index is 0.0699. The molecule has 1 amide bonds. The van der Waals surface area contributed by atoms with E-state index in [1.165, 1.54) is 0 Å². The molecule has 5 rings (SSSR count). The standard InChI is InChI=1S/C24H20N4O2/c1-2-27(18-5-4-13-25-15-18)24(30)17-10-8-16(9-11-17)23-26-20-7-3-6-19-21(29)12-14-28(23)22(19)20/h3-11,13,15H,2,12,14H2,1H3. The van der Waals surface area contributed by atoms with Crippen LogP contribution in [-0.2, 0) is 6.54 Å². The molecule has 6 nitrogen and oxygen atoms in total. The van der Waals surface area contributed by atoms with E-state index in [1.54, 1.807) is 17.3 Å². The molecule has 0 saturated heterocycles. The second kappa shape index (κ2) is 7.22. The van der Waals surface area contributed by atoms with Crippen LogP contribution in [0.3, 0.4) is 0 Å². The molecule has 2 aromatic heterocycles. The number of carbonyl (C=O) groups excluding carboxylic acids is 2. The van der Waals surface area contributed by atoms with Crippen molar-refractivity contribution in [3.63, 3.8) is 0 Å². The average Bonchev–Trinajstić information content (AvgIpc) is 3.17. The maximum atomic E-state index is 13.0. The molecule has 148 valence electrons. The first-order valence-corrected chi connectivity index (χ1v) is 10.0. The molecule has 6 heteroatoms. The monoisotopic (exact) mass is 396 g/mol. The Hall–Kier alpha value is -3.80. The van der Waals surface area contributed by atoms with Crippen LogP contribution in [0.2, 0.25) is 0 Å². The van der Waals surface area contributed by atoms with Crippen LogP contribution in [0, 0.1) is 0 Å². The number of para-hydroxylation sites is 1. The average molecular weight is 396 g/mol. The molecule has 3 heterocycles. The van der Waals surface area contributed by atoms with Gasteiger partial charge >= 0.3 is 0 Å².